The van der Waals surface area contributed by atoms with Gasteiger partial charge >= 0.3 is 0 Å². The van der Waals surface area contributed by atoms with E-state index in [0.29, 0.717) is 16.5 Å². The number of nitrogens with two attached hydrogens (primary N) is 1. The lowest BCUT2D eigenvalue weighted by atomic mass is 10.2. The first-order valence-electron chi connectivity index (χ1n) is 5.36. The summed E-state index contributed by atoms with van der Waals surface area (Å²) in [5.41, 5.74) is 8.59. The molecule has 2 rings (SSSR count). The molecule has 0 unspecified atom stereocenters. The zero-order valence-corrected chi connectivity index (χ0v) is 10.6. The lowest BCUT2D eigenvalue weighted by Crippen LogP contribution is -1.94. The second kappa shape index (κ2) is 4.68. The topological polar surface area (TPSA) is 35.2 Å². The van der Waals surface area contributed by atoms with Gasteiger partial charge in [0.2, 0.25) is 0 Å². The van der Waals surface area contributed by atoms with Crippen molar-refractivity contribution in [1.82, 2.24) is 0 Å². The Labute approximate surface area is 106 Å². The number of nitrogen functional groups attached to an aromatic ring is 1. The minimum atomic E-state index is 0.630. The third-order valence-corrected chi connectivity index (χ3v) is 2.76. The fourth-order valence-electron chi connectivity index (χ4n) is 1.58. The Morgan fingerprint density at radius 2 is 1.76 bits per heavy atom. The summed E-state index contributed by atoms with van der Waals surface area (Å²) in [4.78, 5) is 0. The van der Waals surface area contributed by atoms with Crippen LogP contribution in [0.2, 0.25) is 5.02 Å². The largest absolute Gasteiger partial charge is 0.455 e. The van der Waals surface area contributed by atoms with Crippen LogP contribution in [0.3, 0.4) is 0 Å². The Bertz CT molecular complexity index is 552. The van der Waals surface area contributed by atoms with Gasteiger partial charge in [0.25, 0.3) is 0 Å². The molecule has 2 N–H and O–H groups in total. The van der Waals surface area contributed by atoms with Gasteiger partial charge < -0.3 is 10.5 Å². The van der Waals surface area contributed by atoms with Crippen molar-refractivity contribution in [3.8, 4) is 11.5 Å². The molecule has 0 aromatic heterocycles. The van der Waals surface area contributed by atoms with E-state index in [-0.39, 0.29) is 0 Å². The van der Waals surface area contributed by atoms with E-state index in [0.717, 1.165) is 16.9 Å². The Hall–Kier alpha value is -1.67. The SMILES string of the molecule is Cc1ccc(N)c(Oc2ccc(Cl)cc2C)c1. The predicted molar refractivity (Wildman–Crippen MR) is 71.9 cm³/mol. The van der Waals surface area contributed by atoms with Gasteiger partial charge in [-0.2, -0.15) is 0 Å². The van der Waals surface area contributed by atoms with Crippen molar-refractivity contribution in [2.45, 2.75) is 13.8 Å². The summed E-state index contributed by atoms with van der Waals surface area (Å²) in [5, 5.41) is 0.701. The van der Waals surface area contributed by atoms with Gasteiger partial charge in [0, 0.05) is 5.02 Å². The lowest BCUT2D eigenvalue weighted by molar-refractivity contribution is 0.481. The van der Waals surface area contributed by atoms with Gasteiger partial charge in [-0.05, 0) is 55.3 Å². The van der Waals surface area contributed by atoms with Gasteiger partial charge in [-0.25, -0.2) is 0 Å². The maximum Gasteiger partial charge on any atom is 0.150 e. The molecule has 0 bridgehead atoms. The summed E-state index contributed by atoms with van der Waals surface area (Å²) in [5.74, 6) is 1.45. The molecule has 17 heavy (non-hydrogen) atoms. The van der Waals surface area contributed by atoms with Crippen molar-refractivity contribution in [2.75, 3.05) is 5.73 Å². The highest BCUT2D eigenvalue weighted by Crippen LogP contribution is 2.31. The fraction of sp³-hybridized carbons (Fsp3) is 0.143. The van der Waals surface area contributed by atoms with Crippen LogP contribution in [0.1, 0.15) is 11.1 Å². The summed E-state index contributed by atoms with van der Waals surface area (Å²) in [6.45, 7) is 3.95. The molecule has 2 aromatic carbocycles. The van der Waals surface area contributed by atoms with E-state index < -0.39 is 0 Å². The molecule has 0 atom stereocenters. The van der Waals surface area contributed by atoms with Gasteiger partial charge in [-0.15, -0.1) is 0 Å². The number of ether oxygens (including phenoxy) is 1. The molecular weight excluding hydrogens is 234 g/mol. The van der Waals surface area contributed by atoms with Crippen LogP contribution in [0.4, 0.5) is 5.69 Å². The average Bonchev–Trinajstić information content (AvgIpc) is 2.27. The average molecular weight is 248 g/mol. The van der Waals surface area contributed by atoms with Crippen LogP contribution in [0.5, 0.6) is 11.5 Å². The molecule has 0 saturated heterocycles. The zero-order valence-electron chi connectivity index (χ0n) is 9.83. The summed E-state index contributed by atoms with van der Waals surface area (Å²) < 4.78 is 5.79. The molecule has 0 heterocycles. The molecule has 0 saturated carbocycles. The smallest absolute Gasteiger partial charge is 0.150 e. The van der Waals surface area contributed by atoms with E-state index in [1.54, 1.807) is 6.07 Å². The van der Waals surface area contributed by atoms with Crippen LogP contribution in [0, 0.1) is 13.8 Å². The Morgan fingerprint density at radius 1 is 1.00 bits per heavy atom. The van der Waals surface area contributed by atoms with E-state index in [1.807, 2.05) is 44.2 Å². The molecule has 0 fully saturated rings. The van der Waals surface area contributed by atoms with E-state index >= 15 is 0 Å². The number of rotatable bonds is 2. The van der Waals surface area contributed by atoms with Crippen LogP contribution >= 0.6 is 11.6 Å². The normalized spacial score (nSPS) is 10.3. The second-order valence-corrected chi connectivity index (χ2v) is 4.49. The number of aryl methyl sites for hydroxylation is 2. The quantitative estimate of drug-likeness (QED) is 0.802. The minimum absolute atomic E-state index is 0.630. The Balaban J connectivity index is 2.34. The maximum atomic E-state index is 5.90. The zero-order chi connectivity index (χ0) is 12.4. The van der Waals surface area contributed by atoms with Crippen LogP contribution in [-0.4, -0.2) is 0 Å². The van der Waals surface area contributed by atoms with E-state index in [4.69, 9.17) is 22.1 Å². The molecule has 0 aliphatic heterocycles. The standard InChI is InChI=1S/C14H14ClNO/c1-9-3-5-12(16)14(7-9)17-13-6-4-11(15)8-10(13)2/h3-8H,16H2,1-2H3. The molecule has 2 nitrogen and oxygen atoms in total. The predicted octanol–water partition coefficient (Wildman–Crippen LogP) is 4.33. The number of hydrogen-bond donors (Lipinski definition) is 1. The van der Waals surface area contributed by atoms with Crippen LogP contribution in [0.15, 0.2) is 36.4 Å². The van der Waals surface area contributed by atoms with Gasteiger partial charge in [-0.3, -0.25) is 0 Å². The molecule has 3 heteroatoms. The van der Waals surface area contributed by atoms with E-state index in [2.05, 4.69) is 0 Å². The van der Waals surface area contributed by atoms with Crippen LogP contribution < -0.4 is 10.5 Å². The molecule has 0 spiro atoms. The minimum Gasteiger partial charge on any atom is -0.455 e. The van der Waals surface area contributed by atoms with Crippen LogP contribution in [0.25, 0.3) is 0 Å². The molecule has 0 aliphatic rings. The monoisotopic (exact) mass is 247 g/mol. The van der Waals surface area contributed by atoms with Gasteiger partial charge in [0.05, 0.1) is 5.69 Å². The first-order valence-corrected chi connectivity index (χ1v) is 5.74. The highest BCUT2D eigenvalue weighted by Gasteiger charge is 2.05. The van der Waals surface area contributed by atoms with E-state index in [9.17, 15) is 0 Å². The van der Waals surface area contributed by atoms with Crippen molar-refractivity contribution in [3.63, 3.8) is 0 Å². The molecule has 0 amide bonds. The number of benzene rings is 2. The van der Waals surface area contributed by atoms with E-state index in [1.165, 1.54) is 0 Å². The maximum absolute atomic E-state index is 5.90. The summed E-state index contributed by atoms with van der Waals surface area (Å²) >= 11 is 5.90. The third kappa shape index (κ3) is 2.71. The van der Waals surface area contributed by atoms with Gasteiger partial charge in [-0.1, -0.05) is 17.7 Å². The van der Waals surface area contributed by atoms with Crippen molar-refractivity contribution in [1.29, 1.82) is 0 Å². The third-order valence-electron chi connectivity index (χ3n) is 2.53. The molecular formula is C14H14ClNO. The second-order valence-electron chi connectivity index (χ2n) is 4.05. The van der Waals surface area contributed by atoms with Gasteiger partial charge in [0.15, 0.2) is 5.75 Å². The first-order chi connectivity index (χ1) is 8.06. The summed E-state index contributed by atoms with van der Waals surface area (Å²) in [6, 6.07) is 11.2. The summed E-state index contributed by atoms with van der Waals surface area (Å²) in [7, 11) is 0. The molecule has 2 aromatic rings. The molecule has 0 radical (unpaired) electrons. The Kier molecular flexibility index (Phi) is 3.25. The highest BCUT2D eigenvalue weighted by atomic mass is 35.5. The number of anilines is 1. The van der Waals surface area contributed by atoms with Crippen molar-refractivity contribution < 1.29 is 4.74 Å². The van der Waals surface area contributed by atoms with Crippen molar-refractivity contribution in [3.05, 3.63) is 52.5 Å². The number of halogens is 1. The number of hydrogen-bond acceptors (Lipinski definition) is 2. The Morgan fingerprint density at radius 3 is 2.47 bits per heavy atom. The first kappa shape index (κ1) is 11.8. The lowest BCUT2D eigenvalue weighted by Gasteiger charge is -2.11. The molecule has 0 aliphatic carbocycles. The fourth-order valence-corrected chi connectivity index (χ4v) is 1.80. The molecule has 88 valence electrons. The summed E-state index contributed by atoms with van der Waals surface area (Å²) in [6.07, 6.45) is 0. The van der Waals surface area contributed by atoms with Crippen molar-refractivity contribution in [2.24, 2.45) is 0 Å². The van der Waals surface area contributed by atoms with Crippen LogP contribution in [-0.2, 0) is 0 Å². The van der Waals surface area contributed by atoms with Crippen molar-refractivity contribution >= 4 is 17.3 Å². The van der Waals surface area contributed by atoms with Gasteiger partial charge in [0.1, 0.15) is 5.75 Å². The highest BCUT2D eigenvalue weighted by molar-refractivity contribution is 6.30.